The van der Waals surface area contributed by atoms with E-state index < -0.39 is 5.97 Å². The first-order valence-electron chi connectivity index (χ1n) is 10.3. The first-order chi connectivity index (χ1) is 15.7. The van der Waals surface area contributed by atoms with Crippen molar-refractivity contribution in [1.82, 2.24) is 4.98 Å². The maximum atomic E-state index is 13.1. The second-order valence-electron chi connectivity index (χ2n) is 7.48. The molecule has 0 amide bonds. The molecule has 0 aliphatic rings. The third-order valence-electron chi connectivity index (χ3n) is 5.45. The van der Waals surface area contributed by atoms with Crippen molar-refractivity contribution in [2.45, 2.75) is 6.61 Å². The van der Waals surface area contributed by atoms with Crippen LogP contribution in [0.15, 0.2) is 97.1 Å². The second-order valence-corrected chi connectivity index (χ2v) is 7.48. The SMILES string of the molecule is N#Cc1ccc(COC(=O)c2cc(-c3cccc4ccccc34)nc3ccccc23)cc1. The minimum absolute atomic E-state index is 0.130. The molecule has 152 valence electrons. The number of fused-ring (bicyclic) bond motifs is 2. The van der Waals surface area contributed by atoms with Crippen molar-refractivity contribution >= 4 is 27.6 Å². The summed E-state index contributed by atoms with van der Waals surface area (Å²) in [5.74, 6) is -0.408. The van der Waals surface area contributed by atoms with Crippen molar-refractivity contribution in [2.75, 3.05) is 0 Å². The van der Waals surface area contributed by atoms with Crippen LogP contribution in [0.25, 0.3) is 32.9 Å². The Bertz CT molecular complexity index is 1490. The molecule has 0 bridgehead atoms. The Morgan fingerprint density at radius 3 is 2.38 bits per heavy atom. The number of rotatable bonds is 4. The zero-order chi connectivity index (χ0) is 21.9. The molecule has 1 heterocycles. The largest absolute Gasteiger partial charge is 0.457 e. The predicted octanol–water partition coefficient (Wildman–Crippen LogP) is 6.28. The maximum Gasteiger partial charge on any atom is 0.339 e. The average Bonchev–Trinajstić information content (AvgIpc) is 2.86. The average molecular weight is 414 g/mol. The van der Waals surface area contributed by atoms with E-state index in [2.05, 4.69) is 24.3 Å². The van der Waals surface area contributed by atoms with E-state index in [1.54, 1.807) is 24.3 Å². The Hall–Kier alpha value is -4.49. The number of nitriles is 1. The molecule has 32 heavy (non-hydrogen) atoms. The van der Waals surface area contributed by atoms with Gasteiger partial charge >= 0.3 is 5.97 Å². The molecule has 0 spiro atoms. The van der Waals surface area contributed by atoms with Gasteiger partial charge in [-0.3, -0.25) is 0 Å². The Kier molecular flexibility index (Phi) is 5.07. The molecular weight excluding hydrogens is 396 g/mol. The van der Waals surface area contributed by atoms with Crippen LogP contribution in [-0.2, 0) is 11.3 Å². The number of hydrogen-bond donors (Lipinski definition) is 0. The molecule has 4 aromatic carbocycles. The molecule has 0 radical (unpaired) electrons. The molecule has 0 saturated heterocycles. The normalized spacial score (nSPS) is 10.7. The second kappa shape index (κ2) is 8.33. The smallest absolute Gasteiger partial charge is 0.339 e. The lowest BCUT2D eigenvalue weighted by Crippen LogP contribution is -2.07. The number of esters is 1. The molecule has 0 atom stereocenters. The van der Waals surface area contributed by atoms with Gasteiger partial charge in [-0.15, -0.1) is 0 Å². The Labute approximate surface area is 185 Å². The third kappa shape index (κ3) is 3.68. The minimum Gasteiger partial charge on any atom is -0.457 e. The summed E-state index contributed by atoms with van der Waals surface area (Å²) in [6.45, 7) is 0.130. The van der Waals surface area contributed by atoms with Crippen molar-refractivity contribution in [3.63, 3.8) is 0 Å². The van der Waals surface area contributed by atoms with Crippen LogP contribution in [0.4, 0.5) is 0 Å². The highest BCUT2D eigenvalue weighted by atomic mass is 16.5. The van der Waals surface area contributed by atoms with Gasteiger partial charge in [0.25, 0.3) is 0 Å². The number of carbonyl (C=O) groups is 1. The van der Waals surface area contributed by atoms with Crippen LogP contribution in [0.1, 0.15) is 21.5 Å². The number of para-hydroxylation sites is 1. The van der Waals surface area contributed by atoms with Crippen molar-refractivity contribution in [3.05, 3.63) is 114 Å². The molecule has 4 heteroatoms. The highest BCUT2D eigenvalue weighted by Crippen LogP contribution is 2.30. The molecule has 5 aromatic rings. The van der Waals surface area contributed by atoms with Gasteiger partial charge in [-0.25, -0.2) is 9.78 Å². The molecule has 0 aliphatic heterocycles. The first-order valence-corrected chi connectivity index (χ1v) is 10.3. The number of aromatic nitrogens is 1. The lowest BCUT2D eigenvalue weighted by atomic mass is 9.99. The van der Waals surface area contributed by atoms with Crippen LogP contribution in [0.5, 0.6) is 0 Å². The predicted molar refractivity (Wildman–Crippen MR) is 125 cm³/mol. The molecule has 0 N–H and O–H groups in total. The van der Waals surface area contributed by atoms with E-state index in [1.165, 1.54) is 0 Å². The zero-order valence-corrected chi connectivity index (χ0v) is 17.2. The topological polar surface area (TPSA) is 63.0 Å². The number of pyridine rings is 1. The highest BCUT2D eigenvalue weighted by molar-refractivity contribution is 6.06. The zero-order valence-electron chi connectivity index (χ0n) is 17.2. The third-order valence-corrected chi connectivity index (χ3v) is 5.45. The first kappa shape index (κ1) is 19.5. The van der Waals surface area contributed by atoms with Gasteiger partial charge in [0.1, 0.15) is 6.61 Å². The van der Waals surface area contributed by atoms with Crippen molar-refractivity contribution < 1.29 is 9.53 Å². The quantitative estimate of drug-likeness (QED) is 0.325. The van der Waals surface area contributed by atoms with E-state index in [0.717, 1.165) is 38.5 Å². The fourth-order valence-electron chi connectivity index (χ4n) is 3.83. The summed E-state index contributed by atoms with van der Waals surface area (Å²) >= 11 is 0. The number of carbonyl (C=O) groups excluding carboxylic acids is 1. The van der Waals surface area contributed by atoms with Crippen LogP contribution in [0.3, 0.4) is 0 Å². The number of benzene rings is 4. The van der Waals surface area contributed by atoms with Gasteiger partial charge in [0.2, 0.25) is 0 Å². The summed E-state index contributed by atoms with van der Waals surface area (Å²) in [6, 6.07) is 32.7. The Morgan fingerprint density at radius 1 is 0.844 bits per heavy atom. The lowest BCUT2D eigenvalue weighted by molar-refractivity contribution is 0.0475. The van der Waals surface area contributed by atoms with Gasteiger partial charge in [-0.2, -0.15) is 5.26 Å². The van der Waals surface area contributed by atoms with Gasteiger partial charge in [0.05, 0.1) is 28.4 Å². The molecule has 0 unspecified atom stereocenters. The van der Waals surface area contributed by atoms with Crippen LogP contribution in [0, 0.1) is 11.3 Å². The monoisotopic (exact) mass is 414 g/mol. The Morgan fingerprint density at radius 2 is 1.56 bits per heavy atom. The van der Waals surface area contributed by atoms with Crippen LogP contribution < -0.4 is 0 Å². The van der Waals surface area contributed by atoms with Gasteiger partial charge in [0.15, 0.2) is 0 Å². The van der Waals surface area contributed by atoms with Gasteiger partial charge in [-0.1, -0.05) is 72.8 Å². The van der Waals surface area contributed by atoms with Crippen LogP contribution in [0.2, 0.25) is 0 Å². The number of nitrogens with zero attached hydrogens (tertiary/aromatic N) is 2. The van der Waals surface area contributed by atoms with Gasteiger partial charge in [0, 0.05) is 10.9 Å². The van der Waals surface area contributed by atoms with Crippen molar-refractivity contribution in [2.24, 2.45) is 0 Å². The summed E-state index contributed by atoms with van der Waals surface area (Å²) in [5, 5.41) is 11.9. The summed E-state index contributed by atoms with van der Waals surface area (Å²) in [6.07, 6.45) is 0. The summed E-state index contributed by atoms with van der Waals surface area (Å²) in [7, 11) is 0. The Balaban J connectivity index is 1.55. The summed E-state index contributed by atoms with van der Waals surface area (Å²) < 4.78 is 5.62. The van der Waals surface area contributed by atoms with E-state index in [9.17, 15) is 4.79 Å². The molecule has 1 aromatic heterocycles. The van der Waals surface area contributed by atoms with Gasteiger partial charge < -0.3 is 4.74 Å². The van der Waals surface area contributed by atoms with E-state index >= 15 is 0 Å². The van der Waals surface area contributed by atoms with Crippen molar-refractivity contribution in [3.8, 4) is 17.3 Å². The van der Waals surface area contributed by atoms with Crippen molar-refractivity contribution in [1.29, 1.82) is 5.26 Å². The summed E-state index contributed by atoms with van der Waals surface area (Å²) in [4.78, 5) is 17.9. The van der Waals surface area contributed by atoms with Gasteiger partial charge in [-0.05, 0) is 40.6 Å². The molecule has 4 nitrogen and oxygen atoms in total. The molecular formula is C28H18N2O2. The fraction of sp³-hybridized carbons (Fsp3) is 0.0357. The van der Waals surface area contributed by atoms with Crippen LogP contribution >= 0.6 is 0 Å². The number of ether oxygens (including phenoxy) is 1. The lowest BCUT2D eigenvalue weighted by Gasteiger charge is -2.12. The van der Waals surface area contributed by atoms with E-state index in [4.69, 9.17) is 15.0 Å². The highest BCUT2D eigenvalue weighted by Gasteiger charge is 2.16. The maximum absolute atomic E-state index is 13.1. The van der Waals surface area contributed by atoms with E-state index in [0.29, 0.717) is 11.1 Å². The van der Waals surface area contributed by atoms with Crippen LogP contribution in [-0.4, -0.2) is 11.0 Å². The molecule has 0 saturated carbocycles. The van der Waals surface area contributed by atoms with E-state index in [-0.39, 0.29) is 6.61 Å². The minimum atomic E-state index is -0.408. The fourth-order valence-corrected chi connectivity index (χ4v) is 3.83. The number of hydrogen-bond acceptors (Lipinski definition) is 4. The van der Waals surface area contributed by atoms with E-state index in [1.807, 2.05) is 54.6 Å². The molecule has 0 aliphatic carbocycles. The molecule has 5 rings (SSSR count). The summed E-state index contributed by atoms with van der Waals surface area (Å²) in [5.41, 5.74) is 4.31. The standard InChI is InChI=1S/C28H18N2O2/c29-17-19-12-14-20(15-13-19)18-32-28(31)25-16-27(30-26-11-4-3-9-24(25)26)23-10-5-7-21-6-1-2-8-22(21)23/h1-16H,18H2. The molecule has 0 fully saturated rings.